The van der Waals surface area contributed by atoms with E-state index in [4.69, 9.17) is 0 Å². The molecule has 4 heteroatoms. The molecule has 0 aliphatic heterocycles. The van der Waals surface area contributed by atoms with E-state index in [1.54, 1.807) is 0 Å². The van der Waals surface area contributed by atoms with E-state index >= 15 is 0 Å². The maximum absolute atomic E-state index is 3.65. The van der Waals surface area contributed by atoms with Gasteiger partial charge in [0.1, 0.15) is 8.07 Å². The Hall–Kier alpha value is 0.307. The molecule has 0 bridgehead atoms. The summed E-state index contributed by atoms with van der Waals surface area (Å²) in [6, 6.07) is 0. The maximum Gasteiger partial charge on any atom is 0.138 e. The minimum Gasteiger partial charge on any atom is -0.135 e. The summed E-state index contributed by atoms with van der Waals surface area (Å²) in [6.45, 7) is 13.9. The minimum atomic E-state index is -1.53. The predicted molar refractivity (Wildman–Crippen MR) is 102 cm³/mol. The van der Waals surface area contributed by atoms with E-state index in [1.165, 1.54) is 28.4 Å². The smallest absolute Gasteiger partial charge is 0.135 e. The molecule has 0 fully saturated rings. The number of halogens is 1. The third-order valence-corrected chi connectivity index (χ3v) is 11.6. The third kappa shape index (κ3) is 4.94. The van der Waals surface area contributed by atoms with Crippen molar-refractivity contribution in [3.63, 3.8) is 0 Å². The van der Waals surface area contributed by atoms with Crippen molar-refractivity contribution in [3.05, 3.63) is 15.4 Å². The number of unbranched alkanes of at least 4 members (excludes halogenated alkanes) is 1. The van der Waals surface area contributed by atoms with E-state index in [0.29, 0.717) is 5.04 Å². The minimum absolute atomic E-state index is 0.317. The molecular formula is C16H25BrS2Si. The average molecular weight is 390 g/mol. The first-order valence-corrected chi connectivity index (χ1v) is 12.8. The monoisotopic (exact) mass is 388 g/mol. The average Bonchev–Trinajstić information content (AvgIpc) is 2.67. The number of thioether (sulfide) groups is 1. The SMILES string of the molecule is CCCCSc1scc(Br)c1C#C[Si](C)(C)C(C)(C)C. The lowest BCUT2D eigenvalue weighted by Gasteiger charge is -2.31. The lowest BCUT2D eigenvalue weighted by Crippen LogP contribution is -2.35. The molecule has 112 valence electrons. The quantitative estimate of drug-likeness (QED) is 0.236. The van der Waals surface area contributed by atoms with Crippen LogP contribution >= 0.6 is 39.0 Å². The largest absolute Gasteiger partial charge is 0.138 e. The summed E-state index contributed by atoms with van der Waals surface area (Å²) in [7, 11) is -1.53. The van der Waals surface area contributed by atoms with Gasteiger partial charge in [-0.1, -0.05) is 53.1 Å². The molecule has 1 aromatic rings. The van der Waals surface area contributed by atoms with Gasteiger partial charge < -0.3 is 0 Å². The molecule has 0 aliphatic carbocycles. The molecule has 0 amide bonds. The number of hydrogen-bond acceptors (Lipinski definition) is 2. The van der Waals surface area contributed by atoms with Crippen molar-refractivity contribution in [3.8, 4) is 11.5 Å². The Morgan fingerprint density at radius 1 is 1.35 bits per heavy atom. The van der Waals surface area contributed by atoms with E-state index in [9.17, 15) is 0 Å². The highest BCUT2D eigenvalue weighted by Crippen LogP contribution is 2.37. The van der Waals surface area contributed by atoms with Gasteiger partial charge in [0.25, 0.3) is 0 Å². The van der Waals surface area contributed by atoms with E-state index in [-0.39, 0.29) is 0 Å². The summed E-state index contributed by atoms with van der Waals surface area (Å²) < 4.78 is 2.53. The Balaban J connectivity index is 2.96. The maximum atomic E-state index is 3.65. The molecule has 20 heavy (non-hydrogen) atoms. The molecule has 0 unspecified atom stereocenters. The molecule has 1 heterocycles. The van der Waals surface area contributed by atoms with Crippen molar-refractivity contribution in [2.24, 2.45) is 0 Å². The lowest BCUT2D eigenvalue weighted by molar-refractivity contribution is 0.731. The summed E-state index contributed by atoms with van der Waals surface area (Å²) >= 11 is 7.42. The van der Waals surface area contributed by atoms with E-state index in [1.807, 2.05) is 23.1 Å². The molecule has 0 atom stereocenters. The van der Waals surface area contributed by atoms with Crippen LogP contribution in [0.25, 0.3) is 0 Å². The van der Waals surface area contributed by atoms with Gasteiger partial charge in [-0.2, -0.15) is 0 Å². The van der Waals surface area contributed by atoms with E-state index in [0.717, 1.165) is 4.47 Å². The first-order valence-electron chi connectivity index (χ1n) is 7.12. The lowest BCUT2D eigenvalue weighted by atomic mass is 10.2. The van der Waals surface area contributed by atoms with Crippen LogP contribution < -0.4 is 0 Å². The molecule has 0 saturated carbocycles. The Morgan fingerprint density at radius 3 is 2.55 bits per heavy atom. The molecule has 0 radical (unpaired) electrons. The molecule has 0 spiro atoms. The Bertz CT molecular complexity index is 501. The molecule has 1 rings (SSSR count). The van der Waals surface area contributed by atoms with E-state index in [2.05, 4.69) is 73.6 Å². The second kappa shape index (κ2) is 7.53. The molecule has 1 aromatic heterocycles. The van der Waals surface area contributed by atoms with Gasteiger partial charge in [0.2, 0.25) is 0 Å². The van der Waals surface area contributed by atoms with Gasteiger partial charge in [-0.25, -0.2) is 0 Å². The van der Waals surface area contributed by atoms with Gasteiger partial charge in [0.15, 0.2) is 0 Å². The fourth-order valence-electron chi connectivity index (χ4n) is 1.25. The van der Waals surface area contributed by atoms with Gasteiger partial charge in [-0.05, 0) is 33.1 Å². The van der Waals surface area contributed by atoms with Crippen LogP contribution in [0.1, 0.15) is 46.1 Å². The summed E-state index contributed by atoms with van der Waals surface area (Å²) in [5, 5.41) is 2.49. The summed E-state index contributed by atoms with van der Waals surface area (Å²) in [5.74, 6) is 4.68. The highest BCUT2D eigenvalue weighted by atomic mass is 79.9. The molecule has 0 aliphatic rings. The van der Waals surface area contributed by atoms with Gasteiger partial charge in [-0.3, -0.25) is 0 Å². The van der Waals surface area contributed by atoms with Crippen molar-refractivity contribution in [2.45, 2.75) is 62.9 Å². The second-order valence-electron chi connectivity index (χ2n) is 6.57. The van der Waals surface area contributed by atoms with Gasteiger partial charge >= 0.3 is 0 Å². The van der Waals surface area contributed by atoms with E-state index < -0.39 is 8.07 Å². The Labute approximate surface area is 142 Å². The van der Waals surface area contributed by atoms with Crippen LogP contribution in [0.2, 0.25) is 18.1 Å². The summed E-state index contributed by atoms with van der Waals surface area (Å²) in [6.07, 6.45) is 2.53. The Kier molecular flexibility index (Phi) is 6.91. The number of hydrogen-bond donors (Lipinski definition) is 0. The third-order valence-electron chi connectivity index (χ3n) is 3.82. The van der Waals surface area contributed by atoms with Crippen LogP contribution in [0.3, 0.4) is 0 Å². The number of rotatable bonds is 4. The first kappa shape index (κ1) is 18.4. The zero-order valence-corrected chi connectivity index (χ0v) is 17.6. The van der Waals surface area contributed by atoms with Crippen LogP contribution in [0.5, 0.6) is 0 Å². The zero-order chi connectivity index (χ0) is 15.4. The fourth-order valence-corrected chi connectivity index (χ4v) is 5.10. The topological polar surface area (TPSA) is 0 Å². The molecule has 0 N–H and O–H groups in total. The fraction of sp³-hybridized carbons (Fsp3) is 0.625. The normalized spacial score (nSPS) is 12.2. The highest BCUT2D eigenvalue weighted by Gasteiger charge is 2.33. The summed E-state index contributed by atoms with van der Waals surface area (Å²) in [4.78, 5) is 0. The predicted octanol–water partition coefficient (Wildman–Crippen LogP) is 6.80. The van der Waals surface area contributed by atoms with Gasteiger partial charge in [0.05, 0.1) is 9.77 Å². The van der Waals surface area contributed by atoms with Crippen molar-refractivity contribution < 1.29 is 0 Å². The molecular weight excluding hydrogens is 364 g/mol. The molecule has 0 aromatic carbocycles. The van der Waals surface area contributed by atoms with Crippen LogP contribution in [-0.2, 0) is 0 Å². The van der Waals surface area contributed by atoms with Crippen molar-refractivity contribution in [1.82, 2.24) is 0 Å². The Morgan fingerprint density at radius 2 is 2.00 bits per heavy atom. The van der Waals surface area contributed by atoms with Crippen molar-refractivity contribution in [1.29, 1.82) is 0 Å². The molecule has 0 nitrogen and oxygen atoms in total. The number of thiophene rings is 1. The van der Waals surface area contributed by atoms with Crippen molar-refractivity contribution in [2.75, 3.05) is 5.75 Å². The van der Waals surface area contributed by atoms with Crippen LogP contribution in [0.15, 0.2) is 14.1 Å². The standard InChI is InChI=1S/C16H25BrS2Si/c1-7-8-10-18-15-13(14(17)12-19-15)9-11-20(5,6)16(2,3)4/h12H,7-8,10H2,1-6H3. The zero-order valence-electron chi connectivity index (χ0n) is 13.4. The van der Waals surface area contributed by atoms with Crippen LogP contribution in [0, 0.1) is 11.5 Å². The first-order chi connectivity index (χ1) is 9.19. The highest BCUT2D eigenvalue weighted by molar-refractivity contribution is 9.10. The van der Waals surface area contributed by atoms with Crippen LogP contribution in [0.4, 0.5) is 0 Å². The molecule has 0 saturated heterocycles. The van der Waals surface area contributed by atoms with Crippen molar-refractivity contribution >= 4 is 47.1 Å². The van der Waals surface area contributed by atoms with Crippen LogP contribution in [-0.4, -0.2) is 13.8 Å². The van der Waals surface area contributed by atoms with Gasteiger partial charge in [-0.15, -0.1) is 28.6 Å². The van der Waals surface area contributed by atoms with Gasteiger partial charge in [0, 0.05) is 9.85 Å². The second-order valence-corrected chi connectivity index (χ2v) is 14.7. The summed E-state index contributed by atoms with van der Waals surface area (Å²) in [5.41, 5.74) is 4.83.